The summed E-state index contributed by atoms with van der Waals surface area (Å²) in [6, 6.07) is 13.5. The number of benzene rings is 2. The number of non-ortho nitro benzene ring substituents is 1. The fraction of sp³-hybridized carbons (Fsp3) is 0.125. The number of rotatable bonds is 5. The van der Waals surface area contributed by atoms with Crippen LogP contribution in [-0.2, 0) is 6.61 Å². The van der Waals surface area contributed by atoms with Crippen LogP contribution in [0.1, 0.15) is 11.5 Å². The van der Waals surface area contributed by atoms with E-state index in [1.54, 1.807) is 0 Å². The van der Waals surface area contributed by atoms with Crippen LogP contribution < -0.4 is 4.74 Å². The van der Waals surface area contributed by atoms with Gasteiger partial charge in [-0.15, -0.1) is 10.2 Å². The molecule has 1 heterocycles. The smallest absolute Gasteiger partial charge is 0.269 e. The third-order valence-electron chi connectivity index (χ3n) is 3.18. The number of nitro benzene ring substituents is 1. The molecule has 116 valence electrons. The molecule has 0 fully saturated rings. The van der Waals surface area contributed by atoms with Crippen LogP contribution in [0.5, 0.6) is 5.75 Å². The number of aryl methyl sites for hydroxylation is 1. The van der Waals surface area contributed by atoms with Gasteiger partial charge in [-0.2, -0.15) is 0 Å². The highest BCUT2D eigenvalue weighted by molar-refractivity contribution is 5.52. The van der Waals surface area contributed by atoms with E-state index in [2.05, 4.69) is 10.2 Å². The van der Waals surface area contributed by atoms with Crippen LogP contribution in [0.4, 0.5) is 5.69 Å². The zero-order valence-electron chi connectivity index (χ0n) is 12.3. The summed E-state index contributed by atoms with van der Waals surface area (Å²) in [6.45, 7) is 2.09. The van der Waals surface area contributed by atoms with E-state index in [4.69, 9.17) is 9.15 Å². The van der Waals surface area contributed by atoms with Crippen molar-refractivity contribution in [2.24, 2.45) is 0 Å². The van der Waals surface area contributed by atoms with Gasteiger partial charge < -0.3 is 9.15 Å². The molecule has 3 rings (SSSR count). The molecule has 0 aliphatic rings. The molecular formula is C16H13N3O4. The minimum atomic E-state index is -0.463. The first-order valence-corrected chi connectivity index (χ1v) is 6.88. The second-order valence-corrected chi connectivity index (χ2v) is 4.91. The van der Waals surface area contributed by atoms with Crippen molar-refractivity contribution in [2.45, 2.75) is 13.5 Å². The van der Waals surface area contributed by atoms with Gasteiger partial charge in [0.1, 0.15) is 5.75 Å². The van der Waals surface area contributed by atoms with Crippen molar-refractivity contribution in [1.29, 1.82) is 0 Å². The summed E-state index contributed by atoms with van der Waals surface area (Å²) in [7, 11) is 0. The lowest BCUT2D eigenvalue weighted by Gasteiger charge is -2.02. The Hall–Kier alpha value is -3.22. The maximum Gasteiger partial charge on any atom is 0.269 e. The Kier molecular flexibility index (Phi) is 4.01. The molecule has 0 saturated carbocycles. The Morgan fingerprint density at radius 2 is 1.78 bits per heavy atom. The summed E-state index contributed by atoms with van der Waals surface area (Å²) in [6.07, 6.45) is 0. The Morgan fingerprint density at radius 1 is 1.09 bits per heavy atom. The third-order valence-corrected chi connectivity index (χ3v) is 3.18. The second-order valence-electron chi connectivity index (χ2n) is 4.91. The lowest BCUT2D eigenvalue weighted by atomic mass is 10.1. The summed E-state index contributed by atoms with van der Waals surface area (Å²) in [5, 5.41) is 18.5. The van der Waals surface area contributed by atoms with Crippen LogP contribution in [0.25, 0.3) is 11.5 Å². The zero-order valence-corrected chi connectivity index (χ0v) is 12.3. The first kappa shape index (κ1) is 14.7. The van der Waals surface area contributed by atoms with Crippen molar-refractivity contribution in [3.8, 4) is 17.2 Å². The van der Waals surface area contributed by atoms with Crippen LogP contribution in [-0.4, -0.2) is 15.1 Å². The topological polar surface area (TPSA) is 91.3 Å². The van der Waals surface area contributed by atoms with Crippen LogP contribution >= 0.6 is 0 Å². The third kappa shape index (κ3) is 3.52. The number of nitrogens with zero attached hydrogens (tertiary/aromatic N) is 3. The van der Waals surface area contributed by atoms with Crippen molar-refractivity contribution < 1.29 is 14.1 Å². The summed E-state index contributed by atoms with van der Waals surface area (Å²) in [4.78, 5) is 10.1. The molecule has 0 bridgehead atoms. The Bertz CT molecular complexity index is 810. The maximum atomic E-state index is 10.6. The Labute approximate surface area is 131 Å². The zero-order chi connectivity index (χ0) is 16.2. The van der Waals surface area contributed by atoms with Gasteiger partial charge in [0, 0.05) is 17.7 Å². The molecule has 0 saturated heterocycles. The highest BCUT2D eigenvalue weighted by atomic mass is 16.6. The Morgan fingerprint density at radius 3 is 2.43 bits per heavy atom. The lowest BCUT2D eigenvalue weighted by molar-refractivity contribution is -0.384. The van der Waals surface area contributed by atoms with E-state index in [0.29, 0.717) is 17.5 Å². The fourth-order valence-electron chi connectivity index (χ4n) is 1.93. The van der Waals surface area contributed by atoms with Gasteiger partial charge in [-0.1, -0.05) is 17.7 Å². The van der Waals surface area contributed by atoms with Crippen LogP contribution in [0.2, 0.25) is 0 Å². The predicted octanol–water partition coefficient (Wildman–Crippen LogP) is 3.53. The van der Waals surface area contributed by atoms with Gasteiger partial charge in [-0.25, -0.2) is 0 Å². The number of nitro groups is 1. The van der Waals surface area contributed by atoms with Gasteiger partial charge in [0.2, 0.25) is 5.89 Å². The normalized spacial score (nSPS) is 10.5. The molecule has 7 heteroatoms. The Balaban J connectivity index is 1.65. The molecule has 3 aromatic rings. The van der Waals surface area contributed by atoms with Crippen molar-refractivity contribution >= 4 is 5.69 Å². The maximum absolute atomic E-state index is 10.6. The summed E-state index contributed by atoms with van der Waals surface area (Å²) in [5.41, 5.74) is 2.00. The average Bonchev–Trinajstić information content (AvgIpc) is 3.03. The van der Waals surface area contributed by atoms with Gasteiger partial charge in [0.05, 0.1) is 4.92 Å². The molecule has 0 amide bonds. The lowest BCUT2D eigenvalue weighted by Crippen LogP contribution is -1.96. The molecule has 0 spiro atoms. The van der Waals surface area contributed by atoms with Crippen molar-refractivity contribution in [3.05, 3.63) is 70.1 Å². The van der Waals surface area contributed by atoms with Gasteiger partial charge in [0.25, 0.3) is 11.6 Å². The predicted molar refractivity (Wildman–Crippen MR) is 81.9 cm³/mol. The fourth-order valence-corrected chi connectivity index (χ4v) is 1.93. The first-order valence-electron chi connectivity index (χ1n) is 6.88. The van der Waals surface area contributed by atoms with E-state index < -0.39 is 4.92 Å². The molecule has 2 aromatic carbocycles. The summed E-state index contributed by atoms with van der Waals surface area (Å²) in [5.74, 6) is 1.25. The van der Waals surface area contributed by atoms with Gasteiger partial charge in [-0.05, 0) is 31.2 Å². The van der Waals surface area contributed by atoms with Gasteiger partial charge in [-0.3, -0.25) is 10.1 Å². The standard InChI is InChI=1S/C16H13N3O4/c1-11-2-4-12(5-3-11)16-18-17-15(23-16)10-22-14-8-6-13(7-9-14)19(20)21/h2-9H,10H2,1H3. The highest BCUT2D eigenvalue weighted by Gasteiger charge is 2.10. The van der Waals surface area contributed by atoms with E-state index >= 15 is 0 Å². The van der Waals surface area contributed by atoms with E-state index in [9.17, 15) is 10.1 Å². The minimum absolute atomic E-state index is 0.0109. The van der Waals surface area contributed by atoms with Gasteiger partial charge in [0.15, 0.2) is 6.61 Å². The monoisotopic (exact) mass is 311 g/mol. The average molecular weight is 311 g/mol. The molecule has 23 heavy (non-hydrogen) atoms. The van der Waals surface area contributed by atoms with Crippen LogP contribution in [0.3, 0.4) is 0 Å². The van der Waals surface area contributed by atoms with Gasteiger partial charge >= 0.3 is 0 Å². The molecule has 1 aromatic heterocycles. The molecule has 0 radical (unpaired) electrons. The minimum Gasteiger partial charge on any atom is -0.484 e. The molecule has 0 aliphatic carbocycles. The van der Waals surface area contributed by atoms with E-state index in [0.717, 1.165) is 11.1 Å². The number of hydrogen-bond acceptors (Lipinski definition) is 6. The molecule has 0 unspecified atom stereocenters. The van der Waals surface area contributed by atoms with Crippen molar-refractivity contribution in [1.82, 2.24) is 10.2 Å². The number of aromatic nitrogens is 2. The molecule has 7 nitrogen and oxygen atoms in total. The van der Waals surface area contributed by atoms with Crippen molar-refractivity contribution in [3.63, 3.8) is 0 Å². The molecule has 0 N–H and O–H groups in total. The van der Waals surface area contributed by atoms with E-state index in [1.165, 1.54) is 24.3 Å². The first-order chi connectivity index (χ1) is 11.1. The quantitative estimate of drug-likeness (QED) is 0.528. The summed E-state index contributed by atoms with van der Waals surface area (Å²) >= 11 is 0. The van der Waals surface area contributed by atoms with Crippen molar-refractivity contribution in [2.75, 3.05) is 0 Å². The number of ether oxygens (including phenoxy) is 1. The van der Waals surface area contributed by atoms with Crippen LogP contribution in [0, 0.1) is 17.0 Å². The largest absolute Gasteiger partial charge is 0.484 e. The van der Waals surface area contributed by atoms with Crippen LogP contribution in [0.15, 0.2) is 52.9 Å². The van der Waals surface area contributed by atoms with E-state index in [-0.39, 0.29) is 12.3 Å². The molecule has 0 atom stereocenters. The second kappa shape index (κ2) is 6.27. The SMILES string of the molecule is Cc1ccc(-c2nnc(COc3ccc([N+](=O)[O-])cc3)o2)cc1. The highest BCUT2D eigenvalue weighted by Crippen LogP contribution is 2.20. The molecule has 0 aliphatic heterocycles. The van der Waals surface area contributed by atoms with E-state index in [1.807, 2.05) is 31.2 Å². The molecular weight excluding hydrogens is 298 g/mol. The number of hydrogen-bond donors (Lipinski definition) is 0. The summed E-state index contributed by atoms with van der Waals surface area (Å²) < 4.78 is 11.0.